The quantitative estimate of drug-likeness (QED) is 0.599. The largest absolute Gasteiger partial charge is 0.491 e. The average molecular weight is 296 g/mol. The Labute approximate surface area is 70.0 Å². The Hall–Kier alpha value is -0.0417. The first-order valence-electron chi connectivity index (χ1n) is 2.56. The molecule has 1 aliphatic rings. The van der Waals surface area contributed by atoms with Crippen molar-refractivity contribution in [2.45, 2.75) is 6.92 Å². The molecule has 0 aromatic carbocycles. The second-order valence-electron chi connectivity index (χ2n) is 1.95. The molecule has 1 rings (SSSR count). The van der Waals surface area contributed by atoms with Gasteiger partial charge in [-0.1, -0.05) is 0 Å². The van der Waals surface area contributed by atoms with Crippen molar-refractivity contribution < 1.29 is 21.1 Å². The van der Waals surface area contributed by atoms with E-state index in [1.54, 1.807) is 5.01 Å². The van der Waals surface area contributed by atoms with Crippen LogP contribution in [0.3, 0.4) is 0 Å². The molecule has 0 aromatic heterocycles. The molecule has 9 heavy (non-hydrogen) atoms. The number of amidine groups is 1. The van der Waals surface area contributed by atoms with Crippen LogP contribution < -0.4 is 0 Å². The molecule has 0 spiro atoms. The molecule has 0 aliphatic carbocycles. The summed E-state index contributed by atoms with van der Waals surface area (Å²) in [7, 11) is 3.88. The van der Waals surface area contributed by atoms with E-state index in [2.05, 4.69) is 5.10 Å². The number of hydrazone groups is 1. The van der Waals surface area contributed by atoms with Gasteiger partial charge < -0.3 is 9.91 Å². The van der Waals surface area contributed by atoms with Crippen LogP contribution in [0.2, 0.25) is 0 Å². The zero-order valence-electron chi connectivity index (χ0n) is 5.83. The van der Waals surface area contributed by atoms with Gasteiger partial charge in [0.05, 0.1) is 5.84 Å². The molecule has 0 fully saturated rings. The summed E-state index contributed by atoms with van der Waals surface area (Å²) in [6.45, 7) is 3.90. The van der Waals surface area contributed by atoms with Crippen LogP contribution in [0.1, 0.15) is 6.92 Å². The van der Waals surface area contributed by atoms with Gasteiger partial charge in [-0.15, -0.1) is 6.67 Å². The maximum absolute atomic E-state index is 4.09. The van der Waals surface area contributed by atoms with Crippen molar-refractivity contribution in [3.63, 3.8) is 0 Å². The van der Waals surface area contributed by atoms with Gasteiger partial charge in [-0.25, -0.2) is 0 Å². The van der Waals surface area contributed by atoms with Gasteiger partial charge in [-0.3, -0.25) is 0 Å². The maximum Gasteiger partial charge on any atom is 0.0904 e. The van der Waals surface area contributed by atoms with Crippen molar-refractivity contribution >= 4 is 5.84 Å². The first kappa shape index (κ1) is 8.96. The van der Waals surface area contributed by atoms with Gasteiger partial charge in [0.25, 0.3) is 0 Å². The Morgan fingerprint density at radius 3 is 2.11 bits per heavy atom. The molecule has 52 valence electrons. The zero-order valence-corrected chi connectivity index (χ0v) is 8.76. The van der Waals surface area contributed by atoms with Gasteiger partial charge in [0.1, 0.15) is 0 Å². The minimum Gasteiger partial charge on any atom is -0.491 e. The van der Waals surface area contributed by atoms with E-state index in [-0.39, 0.29) is 21.1 Å². The van der Waals surface area contributed by atoms with E-state index in [1.165, 1.54) is 0 Å². The topological polar surface area (TPSA) is 18.8 Å². The van der Waals surface area contributed by atoms with Gasteiger partial charge in [-0.2, -0.15) is 5.10 Å². The normalized spacial score (nSPS) is 17.4. The van der Waals surface area contributed by atoms with E-state index in [9.17, 15) is 0 Å². The fourth-order valence-corrected chi connectivity index (χ4v) is 0.659. The van der Waals surface area contributed by atoms with Crippen molar-refractivity contribution in [3.05, 3.63) is 6.67 Å². The van der Waals surface area contributed by atoms with Crippen LogP contribution in [-0.4, -0.2) is 29.8 Å². The van der Waals surface area contributed by atoms with E-state index in [0.29, 0.717) is 0 Å². The molecule has 1 heterocycles. The smallest absolute Gasteiger partial charge is 0.0904 e. The van der Waals surface area contributed by atoms with Crippen LogP contribution in [-0.2, 0) is 21.1 Å². The molecule has 0 radical (unpaired) electrons. The van der Waals surface area contributed by atoms with E-state index < -0.39 is 0 Å². The van der Waals surface area contributed by atoms with Crippen LogP contribution in [0, 0.1) is 6.67 Å². The predicted octanol–water partition coefficient (Wildman–Crippen LogP) is 0.314. The number of nitrogens with zero attached hydrogens (tertiary/aromatic N) is 3. The van der Waals surface area contributed by atoms with Gasteiger partial charge >= 0.3 is 0 Å². The minimum absolute atomic E-state index is 0. The van der Waals surface area contributed by atoms with Crippen molar-refractivity contribution in [2.24, 2.45) is 5.10 Å². The molecular formula is C5H10N3W-. The molecule has 0 aromatic rings. The van der Waals surface area contributed by atoms with Crippen LogP contribution in [0.25, 0.3) is 0 Å². The van der Waals surface area contributed by atoms with Crippen LogP contribution >= 0.6 is 0 Å². The third-order valence-electron chi connectivity index (χ3n) is 1.15. The first-order chi connectivity index (χ1) is 3.70. The first-order valence-corrected chi connectivity index (χ1v) is 2.56. The number of hydrogen-bond donors (Lipinski definition) is 0. The summed E-state index contributed by atoms with van der Waals surface area (Å²) in [4.78, 5) is 1.97. The van der Waals surface area contributed by atoms with E-state index >= 15 is 0 Å². The van der Waals surface area contributed by atoms with Gasteiger partial charge in [-0.05, 0) is 21.0 Å². The third-order valence-corrected chi connectivity index (χ3v) is 1.15. The van der Waals surface area contributed by atoms with Gasteiger partial charge in [0, 0.05) is 21.1 Å². The van der Waals surface area contributed by atoms with E-state index in [1.807, 2.05) is 32.6 Å². The summed E-state index contributed by atoms with van der Waals surface area (Å²) in [6.07, 6.45) is 0. The second-order valence-corrected chi connectivity index (χ2v) is 1.95. The summed E-state index contributed by atoms with van der Waals surface area (Å²) in [6, 6.07) is 0. The maximum atomic E-state index is 4.09. The number of hydrogen-bond acceptors (Lipinski definition) is 3. The minimum atomic E-state index is 0. The molecule has 0 amide bonds. The van der Waals surface area contributed by atoms with Crippen LogP contribution in [0.15, 0.2) is 5.10 Å². The van der Waals surface area contributed by atoms with Crippen molar-refractivity contribution in [2.75, 3.05) is 14.1 Å². The van der Waals surface area contributed by atoms with Crippen LogP contribution in [0.4, 0.5) is 0 Å². The summed E-state index contributed by atoms with van der Waals surface area (Å²) < 4.78 is 0. The van der Waals surface area contributed by atoms with Crippen molar-refractivity contribution in [1.82, 2.24) is 9.91 Å². The average Bonchev–Trinajstić information content (AvgIpc) is 1.85. The Balaban J connectivity index is 0.000000640. The molecule has 0 saturated carbocycles. The predicted molar refractivity (Wildman–Crippen MR) is 32.9 cm³/mol. The summed E-state index contributed by atoms with van der Waals surface area (Å²) in [5.41, 5.74) is 0. The zero-order chi connectivity index (χ0) is 6.15. The molecular weight excluding hydrogens is 286 g/mol. The summed E-state index contributed by atoms with van der Waals surface area (Å²) >= 11 is 0. The van der Waals surface area contributed by atoms with Crippen molar-refractivity contribution in [3.8, 4) is 0 Å². The monoisotopic (exact) mass is 296 g/mol. The van der Waals surface area contributed by atoms with E-state index in [4.69, 9.17) is 0 Å². The molecule has 0 unspecified atom stereocenters. The fraction of sp³-hybridized carbons (Fsp3) is 0.600. The van der Waals surface area contributed by atoms with Gasteiger partial charge in [0.2, 0.25) is 0 Å². The Bertz CT molecular complexity index is 123. The Morgan fingerprint density at radius 2 is 2.00 bits per heavy atom. The second kappa shape index (κ2) is 3.21. The number of rotatable bonds is 0. The van der Waals surface area contributed by atoms with Gasteiger partial charge in [0.15, 0.2) is 0 Å². The summed E-state index contributed by atoms with van der Waals surface area (Å²) in [5.74, 6) is 1.03. The van der Waals surface area contributed by atoms with Crippen molar-refractivity contribution in [1.29, 1.82) is 0 Å². The molecule has 1 aliphatic heterocycles. The molecule has 0 atom stereocenters. The molecule has 0 bridgehead atoms. The molecule has 4 heteroatoms. The molecule has 0 saturated heterocycles. The third kappa shape index (κ3) is 1.98. The standard InChI is InChI=1S/C5H10N3.W/c1-5-6-8(3)4-7(5)2;/h4H,1-3H3;/q-1;. The Kier molecular flexibility index (Phi) is 3.19. The summed E-state index contributed by atoms with van der Waals surface area (Å²) in [5, 5.41) is 5.88. The fourth-order valence-electron chi connectivity index (χ4n) is 0.659. The SMILES string of the molecule is CC1=NN(C)[CH-]N1C.[W]. The van der Waals surface area contributed by atoms with Crippen LogP contribution in [0.5, 0.6) is 0 Å². The molecule has 0 N–H and O–H groups in total. The Morgan fingerprint density at radius 1 is 1.44 bits per heavy atom. The van der Waals surface area contributed by atoms with E-state index in [0.717, 1.165) is 5.84 Å². The molecule has 3 nitrogen and oxygen atoms in total.